The molecular weight excluding hydrogens is 230 g/mol. The normalized spacial score (nSPS) is 12.8. The summed E-state index contributed by atoms with van der Waals surface area (Å²) in [6.45, 7) is 12.5. The summed E-state index contributed by atoms with van der Waals surface area (Å²) in [5, 5.41) is 3.23. The Bertz CT molecular complexity index is 363. The highest BCUT2D eigenvalue weighted by Gasteiger charge is 2.28. The Balaban J connectivity index is 2.55. The molecule has 0 atom stereocenters. The van der Waals surface area contributed by atoms with Gasteiger partial charge in [0, 0.05) is 17.0 Å². The molecule has 2 heteroatoms. The maximum atomic E-state index is 5.99. The smallest absolute Gasteiger partial charge is 0.102 e. The minimum Gasteiger partial charge on any atom is -0.338 e. The van der Waals surface area contributed by atoms with Crippen LogP contribution in [0.5, 0.6) is 0 Å². The Morgan fingerprint density at radius 2 is 1.76 bits per heavy atom. The standard InChI is InChI=1S/C15H24ClN/c1-14(2,3)11-15(4,5)17-10-12-7-6-8-13(16)9-12/h6-9,17H,10-11H2,1-5H3/p+1. The van der Waals surface area contributed by atoms with Gasteiger partial charge in [-0.2, -0.15) is 0 Å². The maximum absolute atomic E-state index is 5.99. The van der Waals surface area contributed by atoms with E-state index < -0.39 is 0 Å². The van der Waals surface area contributed by atoms with Gasteiger partial charge in [-0.1, -0.05) is 44.5 Å². The van der Waals surface area contributed by atoms with Crippen molar-refractivity contribution < 1.29 is 5.32 Å². The molecule has 0 heterocycles. The fourth-order valence-electron chi connectivity index (χ4n) is 2.50. The molecule has 0 aromatic heterocycles. The van der Waals surface area contributed by atoms with Gasteiger partial charge >= 0.3 is 0 Å². The predicted molar refractivity (Wildman–Crippen MR) is 75.2 cm³/mol. The second-order valence-electron chi connectivity index (χ2n) is 6.76. The SMILES string of the molecule is CC(C)(C)CC(C)(C)[NH2+]Cc1cccc(Cl)c1. The summed E-state index contributed by atoms with van der Waals surface area (Å²) >= 11 is 5.99. The maximum Gasteiger partial charge on any atom is 0.102 e. The van der Waals surface area contributed by atoms with Crippen LogP contribution in [0.3, 0.4) is 0 Å². The number of benzene rings is 1. The van der Waals surface area contributed by atoms with Crippen LogP contribution in [-0.4, -0.2) is 5.54 Å². The van der Waals surface area contributed by atoms with Crippen LogP contribution in [0, 0.1) is 5.41 Å². The average Bonchev–Trinajstić information content (AvgIpc) is 2.11. The van der Waals surface area contributed by atoms with E-state index in [4.69, 9.17) is 11.6 Å². The first-order valence-corrected chi connectivity index (χ1v) is 6.65. The zero-order valence-electron chi connectivity index (χ0n) is 11.7. The minimum atomic E-state index is 0.264. The van der Waals surface area contributed by atoms with Gasteiger partial charge in [-0.3, -0.25) is 0 Å². The molecule has 17 heavy (non-hydrogen) atoms. The van der Waals surface area contributed by atoms with Crippen LogP contribution in [0.4, 0.5) is 0 Å². The summed E-state index contributed by atoms with van der Waals surface area (Å²) in [5.41, 5.74) is 1.93. The Kier molecular flexibility index (Phi) is 4.62. The first-order valence-electron chi connectivity index (χ1n) is 6.27. The van der Waals surface area contributed by atoms with E-state index in [-0.39, 0.29) is 5.54 Å². The van der Waals surface area contributed by atoms with Gasteiger partial charge in [0.1, 0.15) is 6.54 Å². The molecule has 1 aromatic carbocycles. The third-order valence-corrected chi connectivity index (χ3v) is 3.00. The van der Waals surface area contributed by atoms with Crippen molar-refractivity contribution in [2.24, 2.45) is 5.41 Å². The van der Waals surface area contributed by atoms with Gasteiger partial charge in [0.25, 0.3) is 0 Å². The number of hydrogen-bond donors (Lipinski definition) is 1. The van der Waals surface area contributed by atoms with Crippen molar-refractivity contribution in [2.75, 3.05) is 0 Å². The molecule has 0 saturated carbocycles. The molecule has 0 unspecified atom stereocenters. The summed E-state index contributed by atoms with van der Waals surface area (Å²) in [7, 11) is 0. The van der Waals surface area contributed by atoms with E-state index in [1.807, 2.05) is 18.2 Å². The molecule has 0 bridgehead atoms. The fourth-order valence-corrected chi connectivity index (χ4v) is 2.71. The second kappa shape index (κ2) is 5.41. The molecule has 0 aliphatic rings. The molecule has 1 rings (SSSR count). The van der Waals surface area contributed by atoms with Crippen molar-refractivity contribution >= 4 is 11.6 Å². The van der Waals surface area contributed by atoms with Crippen LogP contribution in [0.2, 0.25) is 5.02 Å². The van der Waals surface area contributed by atoms with Crippen molar-refractivity contribution in [1.82, 2.24) is 0 Å². The topological polar surface area (TPSA) is 16.6 Å². The lowest BCUT2D eigenvalue weighted by atomic mass is 9.82. The molecular formula is C15H25ClN+. The zero-order chi connectivity index (χ0) is 13.1. The van der Waals surface area contributed by atoms with Crippen LogP contribution in [0.1, 0.15) is 46.6 Å². The number of quaternary nitrogens is 1. The highest BCUT2D eigenvalue weighted by Crippen LogP contribution is 2.24. The molecule has 0 radical (unpaired) electrons. The van der Waals surface area contributed by atoms with E-state index in [1.165, 1.54) is 12.0 Å². The highest BCUT2D eigenvalue weighted by atomic mass is 35.5. The summed E-state index contributed by atoms with van der Waals surface area (Å²) in [6.07, 6.45) is 1.20. The highest BCUT2D eigenvalue weighted by molar-refractivity contribution is 6.30. The van der Waals surface area contributed by atoms with Crippen LogP contribution in [-0.2, 0) is 6.54 Å². The quantitative estimate of drug-likeness (QED) is 0.845. The number of nitrogens with two attached hydrogens (primary N) is 1. The predicted octanol–water partition coefficient (Wildman–Crippen LogP) is 3.62. The molecule has 0 amide bonds. The lowest BCUT2D eigenvalue weighted by Crippen LogP contribution is -2.94. The van der Waals surface area contributed by atoms with E-state index in [9.17, 15) is 0 Å². The van der Waals surface area contributed by atoms with Crippen molar-refractivity contribution in [3.05, 3.63) is 34.9 Å². The largest absolute Gasteiger partial charge is 0.338 e. The van der Waals surface area contributed by atoms with Gasteiger partial charge in [0.2, 0.25) is 0 Å². The molecule has 1 nitrogen and oxygen atoms in total. The first kappa shape index (κ1) is 14.5. The Morgan fingerprint density at radius 1 is 1.12 bits per heavy atom. The van der Waals surface area contributed by atoms with E-state index in [0.717, 1.165) is 11.6 Å². The monoisotopic (exact) mass is 254 g/mol. The number of halogens is 1. The van der Waals surface area contributed by atoms with Crippen molar-refractivity contribution in [1.29, 1.82) is 0 Å². The summed E-state index contributed by atoms with van der Waals surface area (Å²) < 4.78 is 0. The third-order valence-electron chi connectivity index (χ3n) is 2.77. The molecule has 2 N–H and O–H groups in total. The Labute approximate surface area is 111 Å². The first-order chi connectivity index (χ1) is 7.68. The lowest BCUT2D eigenvalue weighted by molar-refractivity contribution is -0.737. The van der Waals surface area contributed by atoms with E-state index in [2.05, 4.69) is 46.0 Å². The summed E-state index contributed by atoms with van der Waals surface area (Å²) in [5.74, 6) is 0. The van der Waals surface area contributed by atoms with Gasteiger partial charge in [-0.15, -0.1) is 0 Å². The minimum absolute atomic E-state index is 0.264. The van der Waals surface area contributed by atoms with E-state index >= 15 is 0 Å². The Hall–Kier alpha value is -0.530. The number of hydrogen-bond acceptors (Lipinski definition) is 0. The van der Waals surface area contributed by atoms with Crippen molar-refractivity contribution in [3.8, 4) is 0 Å². The van der Waals surface area contributed by atoms with Gasteiger partial charge in [0.05, 0.1) is 5.54 Å². The van der Waals surface area contributed by atoms with E-state index in [1.54, 1.807) is 0 Å². The molecule has 0 fully saturated rings. The Morgan fingerprint density at radius 3 is 2.29 bits per heavy atom. The average molecular weight is 255 g/mol. The van der Waals surface area contributed by atoms with Crippen molar-refractivity contribution in [3.63, 3.8) is 0 Å². The molecule has 1 aromatic rings. The van der Waals surface area contributed by atoms with E-state index in [0.29, 0.717) is 5.41 Å². The molecule has 0 aliphatic heterocycles. The zero-order valence-corrected chi connectivity index (χ0v) is 12.4. The van der Waals surface area contributed by atoms with Gasteiger partial charge < -0.3 is 5.32 Å². The van der Waals surface area contributed by atoms with Crippen molar-refractivity contribution in [2.45, 2.75) is 53.1 Å². The molecule has 0 saturated heterocycles. The lowest BCUT2D eigenvalue weighted by Gasteiger charge is -2.30. The third kappa shape index (κ3) is 6.09. The van der Waals surface area contributed by atoms with Gasteiger partial charge in [0.15, 0.2) is 0 Å². The summed E-state index contributed by atoms with van der Waals surface area (Å²) in [6, 6.07) is 8.12. The van der Waals surface area contributed by atoms with Crippen LogP contribution < -0.4 is 5.32 Å². The molecule has 0 spiro atoms. The van der Waals surface area contributed by atoms with Crippen LogP contribution in [0.25, 0.3) is 0 Å². The van der Waals surface area contributed by atoms with Crippen LogP contribution >= 0.6 is 11.6 Å². The van der Waals surface area contributed by atoms with Crippen LogP contribution in [0.15, 0.2) is 24.3 Å². The summed E-state index contributed by atoms with van der Waals surface area (Å²) in [4.78, 5) is 0. The number of rotatable bonds is 4. The molecule has 0 aliphatic carbocycles. The molecule has 96 valence electrons. The van der Waals surface area contributed by atoms with Gasteiger partial charge in [-0.25, -0.2) is 0 Å². The van der Waals surface area contributed by atoms with Gasteiger partial charge in [-0.05, 0) is 31.4 Å². The fraction of sp³-hybridized carbons (Fsp3) is 0.600. The second-order valence-corrected chi connectivity index (χ2v) is 7.20.